The van der Waals surface area contributed by atoms with Crippen LogP contribution in [-0.2, 0) is 0 Å². The third kappa shape index (κ3) is 2.86. The minimum absolute atomic E-state index is 0.321. The molecule has 0 aliphatic heterocycles. The van der Waals surface area contributed by atoms with Crippen molar-refractivity contribution in [3.05, 3.63) is 72.1 Å². The maximum absolute atomic E-state index is 10.6. The molecule has 0 saturated carbocycles. The lowest BCUT2D eigenvalue weighted by Crippen LogP contribution is -1.94. The van der Waals surface area contributed by atoms with Crippen molar-refractivity contribution in [2.45, 2.75) is 6.92 Å². The third-order valence-corrected chi connectivity index (χ3v) is 3.51. The van der Waals surface area contributed by atoms with Crippen molar-refractivity contribution in [3.63, 3.8) is 0 Å². The molecule has 0 unspecified atom stereocenters. The summed E-state index contributed by atoms with van der Waals surface area (Å²) in [5, 5.41) is 10.9. The van der Waals surface area contributed by atoms with Crippen molar-refractivity contribution in [1.82, 2.24) is 9.97 Å². The Balaban J connectivity index is 0.000000133. The Bertz CT molecular complexity index is 934. The number of aromatic amines is 2. The number of nitrogens with one attached hydrogen (secondary N) is 2. The van der Waals surface area contributed by atoms with Gasteiger partial charge in [0, 0.05) is 28.8 Å². The zero-order valence-corrected chi connectivity index (χ0v) is 12.1. The van der Waals surface area contributed by atoms with Crippen LogP contribution in [0, 0.1) is 6.92 Å². The first kappa shape index (κ1) is 13.9. The molecule has 0 radical (unpaired) electrons. The molecule has 4 nitrogen and oxygen atoms in total. The van der Waals surface area contributed by atoms with Crippen molar-refractivity contribution >= 4 is 27.8 Å². The van der Waals surface area contributed by atoms with Gasteiger partial charge >= 0.3 is 5.97 Å². The summed E-state index contributed by atoms with van der Waals surface area (Å²) in [5.41, 5.74) is 3.80. The average molecular weight is 292 g/mol. The fourth-order valence-corrected chi connectivity index (χ4v) is 2.35. The van der Waals surface area contributed by atoms with E-state index in [4.69, 9.17) is 5.11 Å². The lowest BCUT2D eigenvalue weighted by atomic mass is 10.1. The molecule has 2 aromatic heterocycles. The molecular weight excluding hydrogens is 276 g/mol. The van der Waals surface area contributed by atoms with Crippen molar-refractivity contribution in [2.24, 2.45) is 0 Å². The molecule has 0 bridgehead atoms. The standard InChI is InChI=1S/C9H7NO2.C9H9N/c11-9(12)7-1-2-8-6(5-7)3-4-10-8;1-7-2-3-8-4-5-10-9(8)6-7/h1-5,10H,(H,11,12);2-6,10H,1H3. The van der Waals surface area contributed by atoms with Crippen LogP contribution >= 0.6 is 0 Å². The molecule has 4 heteroatoms. The first-order chi connectivity index (χ1) is 10.6. The van der Waals surface area contributed by atoms with Gasteiger partial charge in [-0.05, 0) is 54.3 Å². The van der Waals surface area contributed by atoms with Crippen molar-refractivity contribution in [2.75, 3.05) is 0 Å². The summed E-state index contributed by atoms with van der Waals surface area (Å²) >= 11 is 0. The number of aromatic nitrogens is 2. The molecular formula is C18H16N2O2. The van der Waals surface area contributed by atoms with E-state index in [1.54, 1.807) is 24.4 Å². The Morgan fingerprint density at radius 3 is 2.36 bits per heavy atom. The van der Waals surface area contributed by atoms with E-state index >= 15 is 0 Å². The zero-order valence-electron chi connectivity index (χ0n) is 12.1. The molecule has 110 valence electrons. The summed E-state index contributed by atoms with van der Waals surface area (Å²) in [6, 6.07) is 15.3. The van der Waals surface area contributed by atoms with Crippen LogP contribution in [-0.4, -0.2) is 21.0 Å². The molecule has 0 amide bonds. The van der Waals surface area contributed by atoms with Crippen LogP contribution in [0.25, 0.3) is 21.8 Å². The number of H-pyrrole nitrogens is 2. The minimum atomic E-state index is -0.891. The van der Waals surface area contributed by atoms with Gasteiger partial charge in [-0.2, -0.15) is 0 Å². The van der Waals surface area contributed by atoms with Crippen molar-refractivity contribution in [1.29, 1.82) is 0 Å². The topological polar surface area (TPSA) is 68.9 Å². The fourth-order valence-electron chi connectivity index (χ4n) is 2.35. The van der Waals surface area contributed by atoms with Gasteiger partial charge in [0.25, 0.3) is 0 Å². The van der Waals surface area contributed by atoms with Crippen LogP contribution in [0.4, 0.5) is 0 Å². The number of carboxylic acids is 1. The predicted octanol–water partition coefficient (Wildman–Crippen LogP) is 4.34. The monoisotopic (exact) mass is 292 g/mol. The molecule has 0 spiro atoms. The van der Waals surface area contributed by atoms with Gasteiger partial charge in [-0.1, -0.05) is 12.1 Å². The molecule has 3 N–H and O–H groups in total. The smallest absolute Gasteiger partial charge is 0.335 e. The highest BCUT2D eigenvalue weighted by Crippen LogP contribution is 2.14. The number of rotatable bonds is 1. The van der Waals surface area contributed by atoms with E-state index < -0.39 is 5.97 Å². The number of aryl methyl sites for hydroxylation is 1. The van der Waals surface area contributed by atoms with Gasteiger partial charge in [0.2, 0.25) is 0 Å². The number of fused-ring (bicyclic) bond motifs is 2. The Morgan fingerprint density at radius 1 is 0.864 bits per heavy atom. The van der Waals surface area contributed by atoms with Gasteiger partial charge in [0.1, 0.15) is 0 Å². The van der Waals surface area contributed by atoms with Crippen LogP contribution in [0.5, 0.6) is 0 Å². The molecule has 0 aliphatic carbocycles. The highest BCUT2D eigenvalue weighted by Gasteiger charge is 2.02. The number of carboxylic acid groups (broad SMARTS) is 1. The molecule has 2 aromatic carbocycles. The second-order valence-electron chi connectivity index (χ2n) is 5.15. The second-order valence-corrected chi connectivity index (χ2v) is 5.15. The average Bonchev–Trinajstić information content (AvgIpc) is 3.14. The summed E-state index contributed by atoms with van der Waals surface area (Å²) in [6.45, 7) is 2.10. The zero-order chi connectivity index (χ0) is 15.5. The van der Waals surface area contributed by atoms with Gasteiger partial charge in [-0.15, -0.1) is 0 Å². The Morgan fingerprint density at radius 2 is 1.59 bits per heavy atom. The maximum atomic E-state index is 10.6. The molecule has 4 rings (SSSR count). The number of carbonyl (C=O) groups is 1. The lowest BCUT2D eigenvalue weighted by molar-refractivity contribution is 0.0697. The van der Waals surface area contributed by atoms with Crippen LogP contribution in [0.3, 0.4) is 0 Å². The molecule has 22 heavy (non-hydrogen) atoms. The van der Waals surface area contributed by atoms with Crippen LogP contribution < -0.4 is 0 Å². The maximum Gasteiger partial charge on any atom is 0.335 e. The predicted molar refractivity (Wildman–Crippen MR) is 88.3 cm³/mol. The van der Waals surface area contributed by atoms with Gasteiger partial charge in [0.05, 0.1) is 5.56 Å². The number of hydrogen-bond donors (Lipinski definition) is 3. The van der Waals surface area contributed by atoms with Gasteiger partial charge in [-0.25, -0.2) is 4.79 Å². The summed E-state index contributed by atoms with van der Waals surface area (Å²) in [4.78, 5) is 16.7. The Kier molecular flexibility index (Phi) is 3.66. The van der Waals surface area contributed by atoms with Crippen LogP contribution in [0.1, 0.15) is 15.9 Å². The molecule has 0 fully saturated rings. The van der Waals surface area contributed by atoms with Crippen molar-refractivity contribution < 1.29 is 9.90 Å². The van der Waals surface area contributed by atoms with Crippen LogP contribution in [0.15, 0.2) is 60.9 Å². The molecule has 0 atom stereocenters. The number of aromatic carboxylic acids is 1. The van der Waals surface area contributed by atoms with Gasteiger partial charge in [-0.3, -0.25) is 0 Å². The minimum Gasteiger partial charge on any atom is -0.478 e. The molecule has 4 aromatic rings. The fraction of sp³-hybridized carbons (Fsp3) is 0.0556. The first-order valence-electron chi connectivity index (χ1n) is 6.98. The summed E-state index contributed by atoms with van der Waals surface area (Å²) in [7, 11) is 0. The SMILES string of the molecule is Cc1ccc2cc[nH]c2c1.O=C(O)c1ccc2[nH]ccc2c1. The quantitative estimate of drug-likeness (QED) is 0.488. The largest absolute Gasteiger partial charge is 0.478 e. The second kappa shape index (κ2) is 5.77. The van der Waals surface area contributed by atoms with Crippen molar-refractivity contribution in [3.8, 4) is 0 Å². The van der Waals surface area contributed by atoms with E-state index in [-0.39, 0.29) is 0 Å². The van der Waals surface area contributed by atoms with E-state index in [9.17, 15) is 4.79 Å². The van der Waals surface area contributed by atoms with Gasteiger partial charge in [0.15, 0.2) is 0 Å². The van der Waals surface area contributed by atoms with E-state index in [1.165, 1.54) is 16.5 Å². The van der Waals surface area contributed by atoms with E-state index in [1.807, 2.05) is 12.3 Å². The lowest BCUT2D eigenvalue weighted by Gasteiger charge is -1.93. The summed E-state index contributed by atoms with van der Waals surface area (Å²) in [5.74, 6) is -0.891. The molecule has 0 saturated heterocycles. The first-order valence-corrected chi connectivity index (χ1v) is 6.98. The molecule has 2 heterocycles. The summed E-state index contributed by atoms with van der Waals surface area (Å²) < 4.78 is 0. The molecule has 0 aliphatic rings. The highest BCUT2D eigenvalue weighted by molar-refractivity contribution is 5.93. The Hall–Kier alpha value is -3.01. The van der Waals surface area contributed by atoms with E-state index in [0.29, 0.717) is 5.56 Å². The van der Waals surface area contributed by atoms with E-state index in [2.05, 4.69) is 41.2 Å². The third-order valence-electron chi connectivity index (χ3n) is 3.51. The normalized spacial score (nSPS) is 10.4. The number of hydrogen-bond acceptors (Lipinski definition) is 1. The van der Waals surface area contributed by atoms with Gasteiger partial charge < -0.3 is 15.1 Å². The summed E-state index contributed by atoms with van der Waals surface area (Å²) in [6.07, 6.45) is 3.75. The number of benzene rings is 2. The van der Waals surface area contributed by atoms with Crippen LogP contribution in [0.2, 0.25) is 0 Å². The van der Waals surface area contributed by atoms with E-state index in [0.717, 1.165) is 10.9 Å². The Labute approximate surface area is 127 Å². The highest BCUT2D eigenvalue weighted by atomic mass is 16.4.